The highest BCUT2D eigenvalue weighted by molar-refractivity contribution is 5.73. The van der Waals surface area contributed by atoms with Crippen LogP contribution in [0.3, 0.4) is 0 Å². The molecule has 0 radical (unpaired) electrons. The van der Waals surface area contributed by atoms with Gasteiger partial charge in [-0.15, -0.1) is 0 Å². The van der Waals surface area contributed by atoms with Crippen LogP contribution in [-0.2, 0) is 14.3 Å². The van der Waals surface area contributed by atoms with Crippen molar-refractivity contribution in [3.8, 4) is 5.88 Å². The molecule has 0 unspecified atom stereocenters. The number of hydrogen-bond acceptors (Lipinski definition) is 6. The first-order chi connectivity index (χ1) is 14.8. The summed E-state index contributed by atoms with van der Waals surface area (Å²) in [6, 6.07) is 5.79. The number of nitrogens with zero attached hydrogens (tertiary/aromatic N) is 2. The second kappa shape index (κ2) is 10.6. The Hall–Kier alpha value is -1.91. The number of carboxylic acid groups (broad SMARTS) is 1. The summed E-state index contributed by atoms with van der Waals surface area (Å²) in [5.74, 6) is -1.26. The number of alkyl halides is 3. The van der Waals surface area contributed by atoms with Crippen LogP contribution in [0.2, 0.25) is 0 Å². The van der Waals surface area contributed by atoms with Gasteiger partial charge < -0.3 is 24.2 Å². The first-order valence-corrected chi connectivity index (χ1v) is 10.6. The third-order valence-corrected chi connectivity index (χ3v) is 5.82. The van der Waals surface area contributed by atoms with Gasteiger partial charge in [-0.1, -0.05) is 6.07 Å². The van der Waals surface area contributed by atoms with E-state index < -0.39 is 12.1 Å². The molecule has 0 amide bonds. The van der Waals surface area contributed by atoms with Crippen molar-refractivity contribution in [3.05, 3.63) is 24.4 Å². The van der Waals surface area contributed by atoms with Crippen LogP contribution in [-0.4, -0.2) is 78.3 Å². The molecule has 31 heavy (non-hydrogen) atoms. The van der Waals surface area contributed by atoms with Crippen LogP contribution in [0, 0.1) is 5.92 Å². The van der Waals surface area contributed by atoms with Crippen LogP contribution in [0.5, 0.6) is 5.88 Å². The van der Waals surface area contributed by atoms with Crippen LogP contribution in [0.25, 0.3) is 0 Å². The molecule has 0 bridgehead atoms. The molecule has 3 saturated heterocycles. The van der Waals surface area contributed by atoms with E-state index in [4.69, 9.17) is 24.1 Å². The summed E-state index contributed by atoms with van der Waals surface area (Å²) < 4.78 is 49.5. The van der Waals surface area contributed by atoms with Gasteiger partial charge in [0.1, 0.15) is 6.10 Å². The van der Waals surface area contributed by atoms with Gasteiger partial charge in [-0.25, -0.2) is 9.78 Å². The number of ether oxygens (including phenoxy) is 3. The molecule has 0 saturated carbocycles. The SMILES string of the molecule is O=C(O)C(F)(F)F.c1ccc(O[C@@H]2CO[C@@]3(CCCN(CC4CCOCC4)C3)C2)nc1. The molecule has 2 atom stereocenters. The topological polar surface area (TPSA) is 81.1 Å². The van der Waals surface area contributed by atoms with Gasteiger partial charge in [0.15, 0.2) is 0 Å². The molecule has 0 aliphatic carbocycles. The zero-order valence-corrected chi connectivity index (χ0v) is 17.4. The number of halogens is 3. The Kier molecular flexibility index (Phi) is 8.12. The maximum atomic E-state index is 10.6. The Morgan fingerprint density at radius 2 is 2.06 bits per heavy atom. The molecule has 1 N–H and O–H groups in total. The van der Waals surface area contributed by atoms with Gasteiger partial charge >= 0.3 is 12.1 Å². The largest absolute Gasteiger partial charge is 0.490 e. The number of rotatable bonds is 4. The van der Waals surface area contributed by atoms with Crippen molar-refractivity contribution in [2.75, 3.05) is 39.5 Å². The van der Waals surface area contributed by atoms with Crippen molar-refractivity contribution in [1.82, 2.24) is 9.88 Å². The van der Waals surface area contributed by atoms with E-state index in [9.17, 15) is 13.2 Å². The van der Waals surface area contributed by atoms with Gasteiger partial charge in [0.05, 0.1) is 12.2 Å². The third kappa shape index (κ3) is 7.33. The van der Waals surface area contributed by atoms with E-state index in [0.717, 1.165) is 38.5 Å². The fraction of sp³-hybridized carbons (Fsp3) is 0.714. The molecule has 3 fully saturated rings. The van der Waals surface area contributed by atoms with Crippen molar-refractivity contribution in [2.24, 2.45) is 5.92 Å². The molecule has 3 aliphatic rings. The zero-order valence-electron chi connectivity index (χ0n) is 17.4. The van der Waals surface area contributed by atoms with Crippen molar-refractivity contribution >= 4 is 5.97 Å². The molecule has 4 heterocycles. The van der Waals surface area contributed by atoms with Gasteiger partial charge in [-0.05, 0) is 44.2 Å². The highest BCUT2D eigenvalue weighted by atomic mass is 19.4. The predicted octanol–water partition coefficient (Wildman–Crippen LogP) is 3.14. The minimum Gasteiger partial charge on any atom is -0.475 e. The number of pyridine rings is 1. The number of likely N-dealkylation sites (tertiary alicyclic amines) is 1. The number of piperidine rings is 1. The normalized spacial score (nSPS) is 27.5. The van der Waals surface area contributed by atoms with E-state index >= 15 is 0 Å². The Morgan fingerprint density at radius 3 is 2.71 bits per heavy atom. The summed E-state index contributed by atoms with van der Waals surface area (Å²) in [4.78, 5) is 15.8. The molecule has 1 aromatic heterocycles. The molecule has 1 spiro atoms. The molecule has 174 valence electrons. The average molecular weight is 446 g/mol. The highest BCUT2D eigenvalue weighted by Gasteiger charge is 2.44. The summed E-state index contributed by atoms with van der Waals surface area (Å²) in [7, 11) is 0. The molecule has 10 heteroatoms. The fourth-order valence-electron chi connectivity index (χ4n) is 4.39. The predicted molar refractivity (Wildman–Crippen MR) is 105 cm³/mol. The van der Waals surface area contributed by atoms with E-state index in [1.54, 1.807) is 6.20 Å². The summed E-state index contributed by atoms with van der Waals surface area (Å²) in [5.41, 5.74) is -0.0110. The van der Waals surface area contributed by atoms with Crippen LogP contribution < -0.4 is 4.74 Å². The fourth-order valence-corrected chi connectivity index (χ4v) is 4.39. The lowest BCUT2D eigenvalue weighted by atomic mass is 9.88. The second-order valence-electron chi connectivity index (χ2n) is 8.30. The number of hydrogen-bond donors (Lipinski definition) is 1. The van der Waals surface area contributed by atoms with Crippen LogP contribution in [0.15, 0.2) is 24.4 Å². The molecular weight excluding hydrogens is 417 g/mol. The van der Waals surface area contributed by atoms with E-state index in [-0.39, 0.29) is 11.7 Å². The van der Waals surface area contributed by atoms with Crippen molar-refractivity contribution < 1.29 is 37.3 Å². The maximum Gasteiger partial charge on any atom is 0.490 e. The Labute approximate surface area is 179 Å². The smallest absolute Gasteiger partial charge is 0.475 e. The highest BCUT2D eigenvalue weighted by Crippen LogP contribution is 2.36. The molecule has 3 aliphatic heterocycles. The average Bonchev–Trinajstić information content (AvgIpc) is 3.10. The van der Waals surface area contributed by atoms with Gasteiger partial charge in [0.2, 0.25) is 5.88 Å². The molecule has 7 nitrogen and oxygen atoms in total. The second-order valence-corrected chi connectivity index (χ2v) is 8.30. The number of aliphatic carboxylic acids is 1. The molecule has 1 aromatic rings. The monoisotopic (exact) mass is 446 g/mol. The van der Waals surface area contributed by atoms with E-state index in [0.29, 0.717) is 12.5 Å². The van der Waals surface area contributed by atoms with Gasteiger partial charge in [0.25, 0.3) is 0 Å². The molecule has 0 aromatic carbocycles. The standard InChI is InChI=1S/C19H28N2O3.C2HF3O2/c1-2-8-20-18(4-1)24-17-12-19(23-14-17)7-3-9-21(15-19)13-16-5-10-22-11-6-16;3-2(4,5)1(6)7/h1-2,4,8,16-17H,3,5-7,9-15H2;(H,6,7)/t17-,19-;/m0./s1. The van der Waals surface area contributed by atoms with Crippen LogP contribution in [0.4, 0.5) is 13.2 Å². The number of aromatic nitrogens is 1. The number of carboxylic acids is 1. The van der Waals surface area contributed by atoms with E-state index in [1.807, 2.05) is 18.2 Å². The van der Waals surface area contributed by atoms with E-state index in [1.165, 1.54) is 32.4 Å². The zero-order chi connectivity index (χ0) is 22.3. The summed E-state index contributed by atoms with van der Waals surface area (Å²) in [6.07, 6.45) is 2.58. The third-order valence-electron chi connectivity index (χ3n) is 5.82. The van der Waals surface area contributed by atoms with Crippen LogP contribution in [0.1, 0.15) is 32.1 Å². The first-order valence-electron chi connectivity index (χ1n) is 10.6. The first kappa shape index (κ1) is 23.7. The van der Waals surface area contributed by atoms with Crippen molar-refractivity contribution in [3.63, 3.8) is 0 Å². The summed E-state index contributed by atoms with van der Waals surface area (Å²) >= 11 is 0. The van der Waals surface area contributed by atoms with E-state index in [2.05, 4.69) is 9.88 Å². The van der Waals surface area contributed by atoms with Gasteiger partial charge in [0, 0.05) is 45.0 Å². The van der Waals surface area contributed by atoms with Crippen LogP contribution >= 0.6 is 0 Å². The van der Waals surface area contributed by atoms with Gasteiger partial charge in [-0.2, -0.15) is 13.2 Å². The number of carbonyl (C=O) groups is 1. The maximum absolute atomic E-state index is 10.6. The Balaban J connectivity index is 0.000000339. The summed E-state index contributed by atoms with van der Waals surface area (Å²) in [5, 5.41) is 7.12. The van der Waals surface area contributed by atoms with Gasteiger partial charge in [-0.3, -0.25) is 0 Å². The summed E-state index contributed by atoms with van der Waals surface area (Å²) in [6.45, 7) is 5.99. The quantitative estimate of drug-likeness (QED) is 0.761. The minimum absolute atomic E-state index is 0.0110. The minimum atomic E-state index is -5.08. The van der Waals surface area contributed by atoms with Crippen molar-refractivity contribution in [2.45, 2.75) is 50.0 Å². The molecule has 4 rings (SSSR count). The lowest BCUT2D eigenvalue weighted by Crippen LogP contribution is -2.49. The van der Waals surface area contributed by atoms with Crippen molar-refractivity contribution in [1.29, 1.82) is 0 Å². The Morgan fingerprint density at radius 1 is 1.32 bits per heavy atom. The lowest BCUT2D eigenvalue weighted by molar-refractivity contribution is -0.192. The molecular formula is C21H29F3N2O5. The lowest BCUT2D eigenvalue weighted by Gasteiger charge is -2.41. The Bertz CT molecular complexity index is 700.